The van der Waals surface area contributed by atoms with Crippen molar-refractivity contribution >= 4 is 30.3 Å². The molecule has 2 bridgehead atoms. The van der Waals surface area contributed by atoms with Gasteiger partial charge in [0.1, 0.15) is 47.9 Å². The van der Waals surface area contributed by atoms with Crippen LogP contribution in [0.5, 0.6) is 0 Å². The standard InChI is InChI=1S/C46H57NO14/c1-25-29(59-40(51)35-33(27-17-13-11-14-18-27)47(26(2)58-35)41(52)61-42(3,4)5)22-46(53)38(60-39(50)28-19-15-12-16-20-28)36-44(8,37(49)34(55-10)32(25)43(46,6)7)30(54-9)21-31-45(36,23-56-31)57-24-48/h11-20,24,26,29-31,33-36,38,53H,21-23H2,1-10H3/t26?,29-,30-,31+,33-,34+,35?,36-,38-,44+,45-,46+/m0/s1. The van der Waals surface area contributed by atoms with Gasteiger partial charge in [-0.3, -0.25) is 14.5 Å². The highest BCUT2D eigenvalue weighted by atomic mass is 16.6. The van der Waals surface area contributed by atoms with Crippen LogP contribution in [-0.4, -0.2) is 121 Å². The van der Waals surface area contributed by atoms with Crippen molar-refractivity contribution in [3.8, 4) is 0 Å². The lowest BCUT2D eigenvalue weighted by Crippen LogP contribution is -2.81. The van der Waals surface area contributed by atoms with E-state index in [4.69, 9.17) is 37.9 Å². The minimum atomic E-state index is -2.17. The smallest absolute Gasteiger partial charge is 0.412 e. The predicted octanol–water partition coefficient (Wildman–Crippen LogP) is 5.27. The average Bonchev–Trinajstić information content (AvgIpc) is 3.56. The van der Waals surface area contributed by atoms with E-state index in [1.165, 1.54) is 19.1 Å². The Balaban J connectivity index is 1.38. The average molecular weight is 848 g/mol. The highest BCUT2D eigenvalue weighted by Gasteiger charge is 2.78. The molecular formula is C46H57NO14. The molecule has 2 heterocycles. The van der Waals surface area contributed by atoms with Crippen molar-refractivity contribution < 1.29 is 67.0 Å². The molecule has 3 aliphatic carbocycles. The van der Waals surface area contributed by atoms with E-state index in [0.29, 0.717) is 16.7 Å². The van der Waals surface area contributed by atoms with Gasteiger partial charge in [-0.1, -0.05) is 62.4 Å². The lowest BCUT2D eigenvalue weighted by Gasteiger charge is -2.67. The third-order valence-corrected chi connectivity index (χ3v) is 13.9. The van der Waals surface area contributed by atoms with Crippen LogP contribution in [0.25, 0.3) is 0 Å². The first-order chi connectivity index (χ1) is 28.7. The van der Waals surface area contributed by atoms with Gasteiger partial charge in [-0.2, -0.15) is 0 Å². The SMILES string of the molecule is CO[C@H]1C(=O)[C@]2(C)[C@@H](OC)C[C@H]3OC[C@@]3(OC=O)[C@H]2[C@H](OC(=O)c2ccccc2)[C@]2(O)C[C@H](OC(=O)C3OC(C)N(C(=O)OC(C)(C)C)[C@H]3c3ccccc3)C(C)=C1C2(C)C. The van der Waals surface area contributed by atoms with Crippen molar-refractivity contribution in [3.63, 3.8) is 0 Å². The molecule has 15 nitrogen and oxygen atoms in total. The van der Waals surface area contributed by atoms with Crippen LogP contribution in [0.15, 0.2) is 71.8 Å². The number of benzene rings is 2. The maximum Gasteiger partial charge on any atom is 0.412 e. The Labute approximate surface area is 355 Å². The molecule has 2 aromatic rings. The molecule has 15 heteroatoms. The Morgan fingerprint density at radius 1 is 0.951 bits per heavy atom. The number of ketones is 1. The number of carbonyl (C=O) groups excluding carboxylic acids is 5. The summed E-state index contributed by atoms with van der Waals surface area (Å²) in [6.45, 7) is 13.8. The van der Waals surface area contributed by atoms with Gasteiger partial charge in [0.2, 0.25) is 0 Å². The number of aliphatic hydroxyl groups is 1. The number of fused-ring (bicyclic) bond motifs is 5. The van der Waals surface area contributed by atoms with Gasteiger partial charge in [0, 0.05) is 32.5 Å². The summed E-state index contributed by atoms with van der Waals surface area (Å²) < 4.78 is 49.1. The number of amides is 1. The molecule has 5 aliphatic rings. The lowest BCUT2D eigenvalue weighted by atomic mass is 9.44. The summed E-state index contributed by atoms with van der Waals surface area (Å²) in [5, 5.41) is 13.8. The van der Waals surface area contributed by atoms with E-state index in [2.05, 4.69) is 0 Å². The molecule has 2 saturated carbocycles. The summed E-state index contributed by atoms with van der Waals surface area (Å²) >= 11 is 0. The Morgan fingerprint density at radius 2 is 1.59 bits per heavy atom. The molecule has 2 unspecified atom stereocenters. The number of nitrogens with zero attached hydrogens (tertiary/aromatic N) is 1. The quantitative estimate of drug-likeness (QED) is 0.149. The van der Waals surface area contributed by atoms with Gasteiger partial charge in [-0.15, -0.1) is 0 Å². The molecule has 0 aromatic heterocycles. The molecule has 1 N–H and O–H groups in total. The Kier molecular flexibility index (Phi) is 11.6. The van der Waals surface area contributed by atoms with Crippen molar-refractivity contribution in [2.45, 2.75) is 134 Å². The minimum Gasteiger partial charge on any atom is -0.456 e. The summed E-state index contributed by atoms with van der Waals surface area (Å²) in [5.41, 5.74) is -6.14. The number of carbonyl (C=O) groups is 5. The predicted molar refractivity (Wildman–Crippen MR) is 216 cm³/mol. The monoisotopic (exact) mass is 847 g/mol. The maximum absolute atomic E-state index is 15.6. The van der Waals surface area contributed by atoms with Crippen molar-refractivity contribution in [1.29, 1.82) is 0 Å². The molecule has 2 aromatic carbocycles. The van der Waals surface area contributed by atoms with Crippen molar-refractivity contribution in [2.24, 2.45) is 16.7 Å². The molecule has 0 spiro atoms. The highest BCUT2D eigenvalue weighted by molar-refractivity contribution is 5.94. The number of rotatable bonds is 9. The summed E-state index contributed by atoms with van der Waals surface area (Å²) in [6, 6.07) is 16.1. The van der Waals surface area contributed by atoms with Gasteiger partial charge in [-0.05, 0) is 70.4 Å². The number of methoxy groups -OCH3 is 2. The first kappa shape index (κ1) is 44.4. The summed E-state index contributed by atoms with van der Waals surface area (Å²) in [4.78, 5) is 72.1. The molecule has 2 saturated heterocycles. The van der Waals surface area contributed by atoms with Gasteiger partial charge >= 0.3 is 18.0 Å². The van der Waals surface area contributed by atoms with Crippen LogP contribution < -0.4 is 0 Å². The van der Waals surface area contributed by atoms with Gasteiger partial charge < -0.3 is 43.0 Å². The van der Waals surface area contributed by atoms with E-state index in [0.717, 1.165) is 0 Å². The fourth-order valence-corrected chi connectivity index (χ4v) is 10.8. The highest BCUT2D eigenvalue weighted by Crippen LogP contribution is 2.64. The van der Waals surface area contributed by atoms with Crippen molar-refractivity contribution in [1.82, 2.24) is 4.90 Å². The summed E-state index contributed by atoms with van der Waals surface area (Å²) in [5.74, 6) is -3.42. The number of esters is 2. The second-order valence-electron chi connectivity index (χ2n) is 18.5. The molecule has 7 rings (SSSR count). The molecular weight excluding hydrogens is 790 g/mol. The molecule has 2 aliphatic heterocycles. The second-order valence-corrected chi connectivity index (χ2v) is 18.5. The zero-order chi connectivity index (χ0) is 44.4. The maximum atomic E-state index is 15.6. The van der Waals surface area contributed by atoms with Crippen LogP contribution in [0.1, 0.15) is 90.2 Å². The Hall–Kier alpha value is -4.67. The Bertz CT molecular complexity index is 2070. The molecule has 0 radical (unpaired) electrons. The molecule has 4 fully saturated rings. The Morgan fingerprint density at radius 3 is 2.15 bits per heavy atom. The zero-order valence-electron chi connectivity index (χ0n) is 36.4. The van der Waals surface area contributed by atoms with Crippen LogP contribution >= 0.6 is 0 Å². The zero-order valence-corrected chi connectivity index (χ0v) is 36.4. The fraction of sp³-hybridized carbons (Fsp3) is 0.587. The molecule has 330 valence electrons. The van der Waals surface area contributed by atoms with E-state index in [9.17, 15) is 24.3 Å². The minimum absolute atomic E-state index is 0.141. The van der Waals surface area contributed by atoms with E-state index >= 15 is 4.79 Å². The summed E-state index contributed by atoms with van der Waals surface area (Å²) in [7, 11) is 2.83. The van der Waals surface area contributed by atoms with Crippen LogP contribution in [-0.2, 0) is 52.3 Å². The van der Waals surface area contributed by atoms with Gasteiger partial charge in [-0.25, -0.2) is 14.4 Å². The van der Waals surface area contributed by atoms with Gasteiger partial charge in [0.25, 0.3) is 6.47 Å². The van der Waals surface area contributed by atoms with Crippen LogP contribution in [0, 0.1) is 16.7 Å². The van der Waals surface area contributed by atoms with Crippen molar-refractivity contribution in [2.75, 3.05) is 20.8 Å². The van der Waals surface area contributed by atoms with Crippen LogP contribution in [0.2, 0.25) is 0 Å². The largest absolute Gasteiger partial charge is 0.456 e. The van der Waals surface area contributed by atoms with Crippen LogP contribution in [0.3, 0.4) is 0 Å². The van der Waals surface area contributed by atoms with E-state index in [1.54, 1.807) is 116 Å². The molecule has 12 atom stereocenters. The van der Waals surface area contributed by atoms with Crippen molar-refractivity contribution in [3.05, 3.63) is 82.9 Å². The normalized spacial score (nSPS) is 36.6. The first-order valence-corrected chi connectivity index (χ1v) is 20.7. The first-order valence-electron chi connectivity index (χ1n) is 20.7. The fourth-order valence-electron chi connectivity index (χ4n) is 10.8. The lowest BCUT2D eigenvalue weighted by molar-refractivity contribution is -0.344. The number of hydrogen-bond acceptors (Lipinski definition) is 14. The van der Waals surface area contributed by atoms with Gasteiger partial charge in [0.05, 0.1) is 29.6 Å². The van der Waals surface area contributed by atoms with Gasteiger partial charge in [0.15, 0.2) is 17.5 Å². The van der Waals surface area contributed by atoms with E-state index in [1.807, 2.05) is 0 Å². The topological polar surface area (TPSA) is 183 Å². The second kappa shape index (κ2) is 15.9. The number of ether oxygens (including phenoxy) is 8. The van der Waals surface area contributed by atoms with E-state index < -0.39 is 106 Å². The molecule has 61 heavy (non-hydrogen) atoms. The van der Waals surface area contributed by atoms with Crippen LogP contribution in [0.4, 0.5) is 4.79 Å². The third-order valence-electron chi connectivity index (χ3n) is 13.9. The number of hydrogen-bond donors (Lipinski definition) is 1. The number of Topliss-reactive ketones (excluding diaryl/α,β-unsaturated/α-hetero) is 1. The van der Waals surface area contributed by atoms with E-state index in [-0.39, 0.29) is 31.5 Å². The summed E-state index contributed by atoms with van der Waals surface area (Å²) in [6.07, 6.45) is -9.05. The third kappa shape index (κ3) is 6.96. The molecule has 1 amide bonds.